The maximum absolute atomic E-state index is 13.2. The van der Waals surface area contributed by atoms with E-state index in [1.807, 2.05) is 13.8 Å². The summed E-state index contributed by atoms with van der Waals surface area (Å²) in [6.07, 6.45) is 2.84. The number of carbonyl (C=O) groups is 3. The average molecular weight is 426 g/mol. The molecule has 0 saturated heterocycles. The summed E-state index contributed by atoms with van der Waals surface area (Å²) in [7, 11) is 1.33. The topological polar surface area (TPSA) is 81.7 Å². The summed E-state index contributed by atoms with van der Waals surface area (Å²) in [5.41, 5.74) is 3.68. The zero-order chi connectivity index (χ0) is 22.8. The van der Waals surface area contributed by atoms with E-state index in [0.29, 0.717) is 35.4 Å². The molecule has 0 fully saturated rings. The van der Waals surface area contributed by atoms with E-state index < -0.39 is 17.9 Å². The third-order valence-electron chi connectivity index (χ3n) is 5.86. The van der Waals surface area contributed by atoms with Gasteiger partial charge < -0.3 is 14.8 Å². The molecule has 1 atom stereocenters. The van der Waals surface area contributed by atoms with Gasteiger partial charge in [-0.1, -0.05) is 39.3 Å². The highest BCUT2D eigenvalue weighted by molar-refractivity contribution is 6.04. The van der Waals surface area contributed by atoms with Crippen molar-refractivity contribution in [2.24, 2.45) is 5.41 Å². The van der Waals surface area contributed by atoms with E-state index >= 15 is 0 Å². The number of hydrogen-bond donors (Lipinski definition) is 1. The van der Waals surface area contributed by atoms with Gasteiger partial charge in [-0.05, 0) is 42.9 Å². The van der Waals surface area contributed by atoms with Gasteiger partial charge in [-0.25, -0.2) is 9.59 Å². The second-order valence-electron chi connectivity index (χ2n) is 9.03. The summed E-state index contributed by atoms with van der Waals surface area (Å²) in [6, 6.07) is 6.89. The number of unbranched alkanes of at least 4 members (excludes halogenated alkanes) is 1. The van der Waals surface area contributed by atoms with E-state index in [-0.39, 0.29) is 11.2 Å². The maximum atomic E-state index is 13.2. The van der Waals surface area contributed by atoms with Gasteiger partial charge in [0.1, 0.15) is 0 Å². The maximum Gasteiger partial charge on any atom is 0.337 e. The van der Waals surface area contributed by atoms with Gasteiger partial charge in [0.05, 0.1) is 24.9 Å². The third-order valence-corrected chi connectivity index (χ3v) is 5.86. The normalized spacial score (nSPS) is 20.2. The minimum absolute atomic E-state index is 0.0344. The second-order valence-corrected chi connectivity index (χ2v) is 9.03. The van der Waals surface area contributed by atoms with Crippen molar-refractivity contribution >= 4 is 17.7 Å². The van der Waals surface area contributed by atoms with E-state index in [9.17, 15) is 14.4 Å². The van der Waals surface area contributed by atoms with Crippen LogP contribution < -0.4 is 5.32 Å². The van der Waals surface area contributed by atoms with Crippen molar-refractivity contribution < 1.29 is 23.9 Å². The fourth-order valence-corrected chi connectivity index (χ4v) is 4.36. The molecule has 1 N–H and O–H groups in total. The van der Waals surface area contributed by atoms with Crippen LogP contribution in [0.4, 0.5) is 0 Å². The highest BCUT2D eigenvalue weighted by atomic mass is 16.5. The molecule has 1 unspecified atom stereocenters. The summed E-state index contributed by atoms with van der Waals surface area (Å²) in [5, 5.41) is 3.33. The predicted octanol–water partition coefficient (Wildman–Crippen LogP) is 4.42. The highest BCUT2D eigenvalue weighted by Crippen LogP contribution is 2.46. The van der Waals surface area contributed by atoms with Crippen LogP contribution in [0.2, 0.25) is 0 Å². The van der Waals surface area contributed by atoms with Crippen LogP contribution in [0.1, 0.15) is 75.2 Å². The van der Waals surface area contributed by atoms with E-state index in [2.05, 4.69) is 19.2 Å². The molecule has 1 aliphatic carbocycles. The van der Waals surface area contributed by atoms with Gasteiger partial charge in [0.25, 0.3) is 0 Å². The van der Waals surface area contributed by atoms with E-state index in [1.165, 1.54) is 7.11 Å². The summed E-state index contributed by atoms with van der Waals surface area (Å²) in [4.78, 5) is 38.2. The molecule has 0 radical (unpaired) electrons. The lowest BCUT2D eigenvalue weighted by molar-refractivity contribution is -0.139. The lowest BCUT2D eigenvalue weighted by Crippen LogP contribution is -2.38. The number of hydrogen-bond acceptors (Lipinski definition) is 6. The zero-order valence-electron chi connectivity index (χ0n) is 19.0. The molecule has 1 aromatic carbocycles. The van der Waals surface area contributed by atoms with Crippen LogP contribution in [0.15, 0.2) is 46.8 Å². The average Bonchev–Trinajstić information content (AvgIpc) is 2.71. The van der Waals surface area contributed by atoms with Gasteiger partial charge in [-0.3, -0.25) is 4.79 Å². The number of ether oxygens (including phenoxy) is 2. The number of ketones is 1. The van der Waals surface area contributed by atoms with Gasteiger partial charge in [0, 0.05) is 29.3 Å². The number of dihydropyridines is 1. The summed E-state index contributed by atoms with van der Waals surface area (Å²) in [5.74, 6) is -1.34. The Kier molecular flexibility index (Phi) is 6.68. The minimum Gasteiger partial charge on any atom is -0.465 e. The van der Waals surface area contributed by atoms with Crippen LogP contribution in [-0.4, -0.2) is 31.4 Å². The van der Waals surface area contributed by atoms with Crippen molar-refractivity contribution in [3.63, 3.8) is 0 Å². The Morgan fingerprint density at radius 2 is 1.81 bits per heavy atom. The number of benzene rings is 1. The van der Waals surface area contributed by atoms with Crippen LogP contribution in [0.5, 0.6) is 0 Å². The van der Waals surface area contributed by atoms with Gasteiger partial charge in [-0.15, -0.1) is 0 Å². The van der Waals surface area contributed by atoms with Gasteiger partial charge in [-0.2, -0.15) is 0 Å². The van der Waals surface area contributed by atoms with Crippen molar-refractivity contribution in [2.45, 2.75) is 59.3 Å². The molecule has 0 aromatic heterocycles. The molecule has 1 aromatic rings. The highest BCUT2D eigenvalue weighted by Gasteiger charge is 2.43. The lowest BCUT2D eigenvalue weighted by atomic mass is 9.68. The van der Waals surface area contributed by atoms with Crippen molar-refractivity contribution in [3.8, 4) is 0 Å². The number of allylic oxidation sites excluding steroid dienone is 3. The smallest absolute Gasteiger partial charge is 0.337 e. The molecule has 6 heteroatoms. The van der Waals surface area contributed by atoms with E-state index in [4.69, 9.17) is 9.47 Å². The van der Waals surface area contributed by atoms with Gasteiger partial charge >= 0.3 is 11.9 Å². The Bertz CT molecular complexity index is 953. The Labute approximate surface area is 183 Å². The first-order chi connectivity index (χ1) is 14.7. The molecule has 0 saturated carbocycles. The third kappa shape index (κ3) is 4.73. The predicted molar refractivity (Wildman–Crippen MR) is 117 cm³/mol. The molecular formula is C25H31NO5. The lowest BCUT2D eigenvalue weighted by Gasteiger charge is -2.39. The second kappa shape index (κ2) is 9.08. The summed E-state index contributed by atoms with van der Waals surface area (Å²) >= 11 is 0. The molecule has 166 valence electrons. The summed E-state index contributed by atoms with van der Waals surface area (Å²) < 4.78 is 10.3. The van der Waals surface area contributed by atoms with Gasteiger partial charge in [0.2, 0.25) is 0 Å². The fraction of sp³-hybridized carbons (Fsp3) is 0.480. The van der Waals surface area contributed by atoms with Crippen LogP contribution in [-0.2, 0) is 19.1 Å². The van der Waals surface area contributed by atoms with Crippen molar-refractivity contribution in [1.29, 1.82) is 0 Å². The Morgan fingerprint density at radius 1 is 1.13 bits per heavy atom. The summed E-state index contributed by atoms with van der Waals surface area (Å²) in [6.45, 7) is 8.37. The van der Waals surface area contributed by atoms with Crippen molar-refractivity contribution in [2.75, 3.05) is 13.7 Å². The minimum atomic E-state index is -0.527. The quantitative estimate of drug-likeness (QED) is 0.537. The number of methoxy groups -OCH3 is 1. The molecule has 2 aliphatic rings. The molecule has 31 heavy (non-hydrogen) atoms. The van der Waals surface area contributed by atoms with Crippen LogP contribution in [0.25, 0.3) is 0 Å². The first kappa shape index (κ1) is 22.8. The molecule has 0 amide bonds. The largest absolute Gasteiger partial charge is 0.465 e. The molecule has 1 heterocycles. The molecule has 6 nitrogen and oxygen atoms in total. The van der Waals surface area contributed by atoms with E-state index in [1.54, 1.807) is 24.3 Å². The standard InChI is InChI=1S/C25H31NO5/c1-6-7-12-31-24(29)20-15(2)26-18-13-25(3,4)14-19(27)22(18)21(20)16-8-10-17(11-9-16)23(28)30-5/h8-11,21,26H,6-7,12-14H2,1-5H3. The molecule has 1 aliphatic heterocycles. The van der Waals surface area contributed by atoms with Crippen molar-refractivity contribution in [3.05, 3.63) is 57.9 Å². The number of nitrogens with one attached hydrogen (secondary N) is 1. The first-order valence-corrected chi connectivity index (χ1v) is 10.8. The number of carbonyl (C=O) groups excluding carboxylic acids is 3. The van der Waals surface area contributed by atoms with Gasteiger partial charge in [0.15, 0.2) is 5.78 Å². The fourth-order valence-electron chi connectivity index (χ4n) is 4.36. The SMILES string of the molecule is CCCCOC(=O)C1=C(C)NC2=C(C(=O)CC(C)(C)C2)C1c1ccc(C(=O)OC)cc1. The van der Waals surface area contributed by atoms with E-state index in [0.717, 1.165) is 30.5 Å². The number of esters is 2. The Hall–Kier alpha value is -2.89. The Balaban J connectivity index is 2.07. The van der Waals surface area contributed by atoms with Crippen LogP contribution in [0, 0.1) is 5.41 Å². The molecule has 3 rings (SSSR count). The first-order valence-electron chi connectivity index (χ1n) is 10.8. The number of Topliss-reactive ketones (excluding diaryl/α,β-unsaturated/α-hetero) is 1. The van der Waals surface area contributed by atoms with Crippen LogP contribution in [0.3, 0.4) is 0 Å². The molecular weight excluding hydrogens is 394 g/mol. The molecule has 0 spiro atoms. The number of rotatable bonds is 6. The van der Waals surface area contributed by atoms with Crippen LogP contribution >= 0.6 is 0 Å². The molecule has 0 bridgehead atoms. The van der Waals surface area contributed by atoms with Crippen molar-refractivity contribution in [1.82, 2.24) is 5.32 Å². The monoisotopic (exact) mass is 425 g/mol. The Morgan fingerprint density at radius 3 is 2.42 bits per heavy atom. The zero-order valence-corrected chi connectivity index (χ0v) is 19.0.